The van der Waals surface area contributed by atoms with E-state index in [-0.39, 0.29) is 11.4 Å². The minimum atomic E-state index is -0.187. The lowest BCUT2D eigenvalue weighted by molar-refractivity contribution is 0.458. The van der Waals surface area contributed by atoms with Crippen molar-refractivity contribution >= 4 is 5.69 Å². The van der Waals surface area contributed by atoms with Gasteiger partial charge in [-0.1, -0.05) is 0 Å². The first kappa shape index (κ1) is 14.0. The van der Waals surface area contributed by atoms with Crippen LogP contribution in [-0.4, -0.2) is 18.6 Å². The van der Waals surface area contributed by atoms with Crippen LogP contribution in [0.3, 0.4) is 0 Å². The third-order valence-corrected chi connectivity index (χ3v) is 2.82. The minimum Gasteiger partial charge on any atom is -0.372 e. The van der Waals surface area contributed by atoms with E-state index < -0.39 is 0 Å². The van der Waals surface area contributed by atoms with E-state index in [0.717, 1.165) is 31.6 Å². The molecule has 1 aromatic carbocycles. The van der Waals surface area contributed by atoms with Gasteiger partial charge in [0.2, 0.25) is 0 Å². The number of rotatable bonds is 6. The van der Waals surface area contributed by atoms with Crippen molar-refractivity contribution in [2.75, 3.05) is 18.0 Å². The summed E-state index contributed by atoms with van der Waals surface area (Å²) in [6, 6.07) is 6.66. The monoisotopic (exact) mass is 238 g/mol. The van der Waals surface area contributed by atoms with Gasteiger partial charge in [0.25, 0.3) is 0 Å². The van der Waals surface area contributed by atoms with Crippen molar-refractivity contribution in [3.8, 4) is 0 Å². The Bertz CT molecular complexity index is 327. The minimum absolute atomic E-state index is 0.109. The molecule has 1 aromatic rings. The number of anilines is 1. The molecule has 0 amide bonds. The smallest absolute Gasteiger partial charge is 0.123 e. The van der Waals surface area contributed by atoms with Crippen LogP contribution in [0.1, 0.15) is 33.6 Å². The molecule has 0 atom stereocenters. The molecule has 17 heavy (non-hydrogen) atoms. The van der Waals surface area contributed by atoms with Crippen LogP contribution in [0.15, 0.2) is 24.3 Å². The summed E-state index contributed by atoms with van der Waals surface area (Å²) in [7, 11) is 0. The van der Waals surface area contributed by atoms with Crippen molar-refractivity contribution < 1.29 is 4.39 Å². The zero-order valence-corrected chi connectivity index (χ0v) is 11.0. The number of nitrogens with zero attached hydrogens (tertiary/aromatic N) is 1. The topological polar surface area (TPSA) is 29.3 Å². The molecule has 3 heteroatoms. The molecule has 0 aliphatic heterocycles. The molecule has 2 N–H and O–H groups in total. The van der Waals surface area contributed by atoms with Gasteiger partial charge in [0.1, 0.15) is 5.82 Å². The summed E-state index contributed by atoms with van der Waals surface area (Å²) in [5.41, 5.74) is 6.92. The van der Waals surface area contributed by atoms with E-state index in [0.29, 0.717) is 0 Å². The van der Waals surface area contributed by atoms with Crippen LogP contribution in [0.25, 0.3) is 0 Å². The lowest BCUT2D eigenvalue weighted by Gasteiger charge is -2.25. The number of benzene rings is 1. The molecule has 0 unspecified atom stereocenters. The Labute approximate surface area is 104 Å². The molecule has 0 bridgehead atoms. The number of halogens is 1. The number of hydrogen-bond donors (Lipinski definition) is 1. The Kier molecular flexibility index (Phi) is 4.94. The van der Waals surface area contributed by atoms with Crippen LogP contribution in [0.4, 0.5) is 10.1 Å². The van der Waals surface area contributed by atoms with Crippen molar-refractivity contribution in [1.29, 1.82) is 0 Å². The first-order valence-corrected chi connectivity index (χ1v) is 6.22. The highest BCUT2D eigenvalue weighted by atomic mass is 19.1. The van der Waals surface area contributed by atoms with Crippen molar-refractivity contribution in [3.63, 3.8) is 0 Å². The fraction of sp³-hybridized carbons (Fsp3) is 0.571. The third-order valence-electron chi connectivity index (χ3n) is 2.82. The van der Waals surface area contributed by atoms with Gasteiger partial charge < -0.3 is 10.6 Å². The van der Waals surface area contributed by atoms with Gasteiger partial charge >= 0.3 is 0 Å². The highest BCUT2D eigenvalue weighted by Gasteiger charge is 2.11. The van der Waals surface area contributed by atoms with E-state index in [1.165, 1.54) is 12.1 Å². The van der Waals surface area contributed by atoms with E-state index in [1.807, 2.05) is 26.0 Å². The summed E-state index contributed by atoms with van der Waals surface area (Å²) in [4.78, 5) is 2.24. The molecule has 0 aliphatic carbocycles. The maximum atomic E-state index is 12.8. The van der Waals surface area contributed by atoms with E-state index >= 15 is 0 Å². The van der Waals surface area contributed by atoms with Gasteiger partial charge in [0.05, 0.1) is 0 Å². The lowest BCUT2D eigenvalue weighted by Crippen LogP contribution is -2.33. The molecule has 0 fully saturated rings. The Morgan fingerprint density at radius 1 is 1.24 bits per heavy atom. The summed E-state index contributed by atoms with van der Waals surface area (Å²) in [6.45, 7) is 8.08. The number of nitrogens with two attached hydrogens (primary N) is 1. The first-order valence-electron chi connectivity index (χ1n) is 6.22. The molecular formula is C14H23FN2. The molecule has 96 valence electrons. The van der Waals surface area contributed by atoms with E-state index in [2.05, 4.69) is 11.8 Å². The van der Waals surface area contributed by atoms with Gasteiger partial charge in [-0.2, -0.15) is 0 Å². The summed E-state index contributed by atoms with van der Waals surface area (Å²) < 4.78 is 12.8. The Morgan fingerprint density at radius 3 is 2.29 bits per heavy atom. The third kappa shape index (κ3) is 5.18. The zero-order valence-electron chi connectivity index (χ0n) is 11.0. The molecule has 0 radical (unpaired) electrons. The largest absolute Gasteiger partial charge is 0.372 e. The molecule has 0 aliphatic rings. The predicted molar refractivity (Wildman–Crippen MR) is 71.8 cm³/mol. The number of hydrogen-bond acceptors (Lipinski definition) is 2. The van der Waals surface area contributed by atoms with Crippen LogP contribution in [-0.2, 0) is 0 Å². The van der Waals surface area contributed by atoms with E-state index in [1.54, 1.807) is 0 Å². The lowest BCUT2D eigenvalue weighted by atomic mass is 10.00. The Morgan fingerprint density at radius 2 is 1.82 bits per heavy atom. The van der Waals surface area contributed by atoms with Crippen LogP contribution in [0, 0.1) is 5.82 Å². The molecule has 0 spiro atoms. The van der Waals surface area contributed by atoms with E-state index in [9.17, 15) is 4.39 Å². The quantitative estimate of drug-likeness (QED) is 0.824. The summed E-state index contributed by atoms with van der Waals surface area (Å²) >= 11 is 0. The SMILES string of the molecule is CCN(CCCC(C)(C)N)c1ccc(F)cc1. The predicted octanol–water partition coefficient (Wildman–Crippen LogP) is 3.17. The highest BCUT2D eigenvalue weighted by Crippen LogP contribution is 2.16. The second-order valence-corrected chi connectivity index (χ2v) is 5.15. The average Bonchev–Trinajstić information content (AvgIpc) is 2.24. The zero-order chi connectivity index (χ0) is 12.9. The van der Waals surface area contributed by atoms with Gasteiger partial charge in [-0.05, 0) is 57.9 Å². The molecular weight excluding hydrogens is 215 g/mol. The summed E-state index contributed by atoms with van der Waals surface area (Å²) in [5, 5.41) is 0. The highest BCUT2D eigenvalue weighted by molar-refractivity contribution is 5.45. The van der Waals surface area contributed by atoms with Crippen molar-refractivity contribution in [1.82, 2.24) is 0 Å². The maximum absolute atomic E-state index is 12.8. The van der Waals surface area contributed by atoms with Crippen molar-refractivity contribution in [2.45, 2.75) is 39.2 Å². The standard InChI is InChI=1S/C14H23FN2/c1-4-17(11-5-10-14(2,3)16)13-8-6-12(15)7-9-13/h6-9H,4-5,10-11,16H2,1-3H3. The van der Waals surface area contributed by atoms with Gasteiger partial charge in [-0.15, -0.1) is 0 Å². The molecule has 0 saturated heterocycles. The van der Waals surface area contributed by atoms with Gasteiger partial charge in [0, 0.05) is 24.3 Å². The second-order valence-electron chi connectivity index (χ2n) is 5.15. The Hall–Kier alpha value is -1.09. The second kappa shape index (κ2) is 6.01. The average molecular weight is 238 g/mol. The van der Waals surface area contributed by atoms with Crippen LogP contribution in [0.5, 0.6) is 0 Å². The van der Waals surface area contributed by atoms with Crippen molar-refractivity contribution in [3.05, 3.63) is 30.1 Å². The van der Waals surface area contributed by atoms with Gasteiger partial charge in [-0.3, -0.25) is 0 Å². The maximum Gasteiger partial charge on any atom is 0.123 e. The van der Waals surface area contributed by atoms with E-state index in [4.69, 9.17) is 5.73 Å². The van der Waals surface area contributed by atoms with Gasteiger partial charge in [-0.25, -0.2) is 4.39 Å². The normalized spacial score (nSPS) is 11.6. The fourth-order valence-electron chi connectivity index (χ4n) is 1.85. The fourth-order valence-corrected chi connectivity index (χ4v) is 1.85. The first-order chi connectivity index (χ1) is 7.92. The summed E-state index contributed by atoms with van der Waals surface area (Å²) in [6.07, 6.45) is 2.04. The molecule has 0 saturated carbocycles. The Balaban J connectivity index is 2.51. The summed E-state index contributed by atoms with van der Waals surface area (Å²) in [5.74, 6) is -0.187. The molecule has 1 rings (SSSR count). The van der Waals surface area contributed by atoms with Crippen LogP contribution < -0.4 is 10.6 Å². The molecule has 2 nitrogen and oxygen atoms in total. The van der Waals surface area contributed by atoms with Crippen LogP contribution >= 0.6 is 0 Å². The molecule has 0 aromatic heterocycles. The van der Waals surface area contributed by atoms with Crippen LogP contribution in [0.2, 0.25) is 0 Å². The van der Waals surface area contributed by atoms with Crippen molar-refractivity contribution in [2.24, 2.45) is 5.73 Å². The molecule has 0 heterocycles. The van der Waals surface area contributed by atoms with Gasteiger partial charge in [0.15, 0.2) is 0 Å².